The lowest BCUT2D eigenvalue weighted by atomic mass is 10.1. The molecule has 3 nitrogen and oxygen atoms in total. The van der Waals surface area contributed by atoms with Crippen molar-refractivity contribution in [1.29, 1.82) is 0 Å². The van der Waals surface area contributed by atoms with E-state index in [9.17, 15) is 4.79 Å². The summed E-state index contributed by atoms with van der Waals surface area (Å²) in [7, 11) is 0. The molecule has 1 amide bonds. The average molecular weight is 362 g/mol. The molecule has 1 aliphatic heterocycles. The molecule has 0 aromatic heterocycles. The van der Waals surface area contributed by atoms with Crippen LogP contribution in [0.2, 0.25) is 0 Å². The molecule has 132 valence electrons. The molecule has 1 fully saturated rings. The fourth-order valence-corrected chi connectivity index (χ4v) is 4.38. The van der Waals surface area contributed by atoms with Crippen LogP contribution in [0.5, 0.6) is 0 Å². The maximum atomic E-state index is 13.3. The van der Waals surface area contributed by atoms with Crippen LogP contribution >= 0.6 is 12.2 Å². The summed E-state index contributed by atoms with van der Waals surface area (Å²) in [6.45, 7) is 4.08. The molecule has 0 bridgehead atoms. The van der Waals surface area contributed by atoms with Crippen LogP contribution in [0, 0.1) is 13.8 Å². The predicted molar refractivity (Wildman–Crippen MR) is 109 cm³/mol. The molecule has 1 heterocycles. The van der Waals surface area contributed by atoms with E-state index in [1.54, 1.807) is 4.90 Å². The molecule has 2 aliphatic rings. The number of hydrogen-bond acceptors (Lipinski definition) is 3. The van der Waals surface area contributed by atoms with Crippen LogP contribution in [0.4, 0.5) is 0 Å². The van der Waals surface area contributed by atoms with Crippen molar-refractivity contribution in [2.24, 2.45) is 4.99 Å². The normalized spacial score (nSPS) is 18.5. The van der Waals surface area contributed by atoms with Crippen molar-refractivity contribution >= 4 is 28.8 Å². The van der Waals surface area contributed by atoms with Gasteiger partial charge in [-0.3, -0.25) is 14.7 Å². The Kier molecular flexibility index (Phi) is 4.23. The zero-order chi connectivity index (χ0) is 18.3. The van der Waals surface area contributed by atoms with Gasteiger partial charge in [-0.05, 0) is 57.7 Å². The Hall–Kier alpha value is -2.33. The summed E-state index contributed by atoms with van der Waals surface area (Å²) in [5.41, 5.74) is 4.25. The lowest BCUT2D eigenvalue weighted by Gasteiger charge is -2.32. The molecule has 2 aromatic carbocycles. The number of rotatable bonds is 2. The standard InChI is InChI=1S/C22H22N2OS/c1-15-8-10-17(11-9-15)20(25)24-21(26)19(18-7-5-6-16(2)14-18)23-22(24)12-3-4-13-22/h5-11,14H,3-4,12-13H2,1-2H3. The number of thiocarbonyl (C=S) groups is 1. The molecule has 1 saturated carbocycles. The Balaban J connectivity index is 1.76. The van der Waals surface area contributed by atoms with E-state index in [1.165, 1.54) is 0 Å². The number of amides is 1. The number of carbonyl (C=O) groups excluding carboxylic acids is 1. The molecule has 0 atom stereocenters. The highest BCUT2D eigenvalue weighted by atomic mass is 32.1. The van der Waals surface area contributed by atoms with Crippen molar-refractivity contribution in [2.45, 2.75) is 45.2 Å². The lowest BCUT2D eigenvalue weighted by Crippen LogP contribution is -2.48. The maximum absolute atomic E-state index is 13.3. The summed E-state index contributed by atoms with van der Waals surface area (Å²) < 4.78 is 0. The lowest BCUT2D eigenvalue weighted by molar-refractivity contribution is 0.0724. The second-order valence-electron chi connectivity index (χ2n) is 7.33. The van der Waals surface area contributed by atoms with Crippen molar-refractivity contribution < 1.29 is 4.79 Å². The van der Waals surface area contributed by atoms with E-state index < -0.39 is 5.66 Å². The zero-order valence-electron chi connectivity index (χ0n) is 15.2. The van der Waals surface area contributed by atoms with Gasteiger partial charge in [0.25, 0.3) is 5.91 Å². The Morgan fingerprint density at radius 1 is 1.04 bits per heavy atom. The first-order valence-corrected chi connectivity index (χ1v) is 9.53. The monoisotopic (exact) mass is 362 g/mol. The van der Waals surface area contributed by atoms with E-state index in [1.807, 2.05) is 43.3 Å². The SMILES string of the molecule is Cc1ccc(C(=O)N2C(=S)C(c3cccc(C)c3)=NC23CCCC3)cc1. The molecule has 1 aliphatic carbocycles. The zero-order valence-corrected chi connectivity index (χ0v) is 16.0. The van der Waals surface area contributed by atoms with E-state index in [0.717, 1.165) is 48.1 Å². The van der Waals surface area contributed by atoms with Gasteiger partial charge in [0.15, 0.2) is 0 Å². The maximum Gasteiger partial charge on any atom is 0.260 e. The first-order valence-electron chi connectivity index (χ1n) is 9.13. The van der Waals surface area contributed by atoms with Crippen molar-refractivity contribution in [3.05, 3.63) is 70.8 Å². The van der Waals surface area contributed by atoms with E-state index >= 15 is 0 Å². The quantitative estimate of drug-likeness (QED) is 0.716. The van der Waals surface area contributed by atoms with E-state index in [-0.39, 0.29) is 5.91 Å². The van der Waals surface area contributed by atoms with Gasteiger partial charge >= 0.3 is 0 Å². The molecule has 0 radical (unpaired) electrons. The smallest absolute Gasteiger partial charge is 0.260 e. The molecule has 0 saturated heterocycles. The molecule has 0 unspecified atom stereocenters. The number of hydrogen-bond donors (Lipinski definition) is 0. The minimum atomic E-state index is -0.502. The Morgan fingerprint density at radius 2 is 1.73 bits per heavy atom. The van der Waals surface area contributed by atoms with Gasteiger partial charge in [0, 0.05) is 11.1 Å². The number of benzene rings is 2. The Morgan fingerprint density at radius 3 is 2.38 bits per heavy atom. The fraction of sp³-hybridized carbons (Fsp3) is 0.318. The van der Waals surface area contributed by atoms with Gasteiger partial charge in [-0.25, -0.2) is 0 Å². The Labute approximate surface area is 159 Å². The molecule has 4 heteroatoms. The van der Waals surface area contributed by atoms with Crippen molar-refractivity contribution in [3.8, 4) is 0 Å². The minimum absolute atomic E-state index is 0.0386. The molecule has 1 spiro atoms. The second-order valence-corrected chi connectivity index (χ2v) is 7.72. The van der Waals surface area contributed by atoms with Crippen LogP contribution in [0.25, 0.3) is 0 Å². The summed E-state index contributed by atoms with van der Waals surface area (Å²) in [5, 5.41) is 0. The van der Waals surface area contributed by atoms with Crippen molar-refractivity contribution in [1.82, 2.24) is 4.90 Å². The van der Waals surface area contributed by atoms with Crippen LogP contribution in [0.3, 0.4) is 0 Å². The molecule has 26 heavy (non-hydrogen) atoms. The van der Waals surface area contributed by atoms with Gasteiger partial charge in [-0.2, -0.15) is 0 Å². The number of carbonyl (C=O) groups is 1. The van der Waals surface area contributed by atoms with E-state index in [4.69, 9.17) is 17.2 Å². The molecule has 4 rings (SSSR count). The third kappa shape index (κ3) is 2.78. The molecular formula is C22H22N2OS. The highest BCUT2D eigenvalue weighted by Gasteiger charge is 2.50. The van der Waals surface area contributed by atoms with Crippen molar-refractivity contribution in [3.63, 3.8) is 0 Å². The summed E-state index contributed by atoms with van der Waals surface area (Å²) in [5.74, 6) is -0.0386. The highest BCUT2D eigenvalue weighted by Crippen LogP contribution is 2.42. The number of aliphatic imine (C=N–C) groups is 1. The van der Waals surface area contributed by atoms with Crippen LogP contribution in [0.1, 0.15) is 52.7 Å². The summed E-state index contributed by atoms with van der Waals surface area (Å²) in [6.07, 6.45) is 3.90. The highest BCUT2D eigenvalue weighted by molar-refractivity contribution is 7.82. The first kappa shape index (κ1) is 17.1. The van der Waals surface area contributed by atoms with Gasteiger partial charge < -0.3 is 0 Å². The van der Waals surface area contributed by atoms with Crippen LogP contribution in [0.15, 0.2) is 53.5 Å². The predicted octanol–water partition coefficient (Wildman–Crippen LogP) is 4.85. The summed E-state index contributed by atoms with van der Waals surface area (Å²) in [4.78, 5) is 20.7. The molecule has 0 N–H and O–H groups in total. The summed E-state index contributed by atoms with van der Waals surface area (Å²) >= 11 is 5.77. The summed E-state index contributed by atoms with van der Waals surface area (Å²) in [6, 6.07) is 15.9. The van der Waals surface area contributed by atoms with E-state index in [2.05, 4.69) is 19.1 Å². The third-order valence-corrected chi connectivity index (χ3v) is 5.72. The molecular weight excluding hydrogens is 340 g/mol. The third-order valence-electron chi connectivity index (χ3n) is 5.34. The van der Waals surface area contributed by atoms with Crippen LogP contribution in [-0.4, -0.2) is 27.2 Å². The van der Waals surface area contributed by atoms with Gasteiger partial charge in [0.2, 0.25) is 0 Å². The van der Waals surface area contributed by atoms with Gasteiger partial charge in [0.05, 0.1) is 0 Å². The first-order chi connectivity index (χ1) is 12.5. The number of nitrogens with zero attached hydrogens (tertiary/aromatic N) is 2. The van der Waals surface area contributed by atoms with Gasteiger partial charge in [-0.15, -0.1) is 0 Å². The second kappa shape index (κ2) is 6.44. The van der Waals surface area contributed by atoms with E-state index in [0.29, 0.717) is 10.6 Å². The van der Waals surface area contributed by atoms with Gasteiger partial charge in [-0.1, -0.05) is 53.7 Å². The average Bonchev–Trinajstić information content (AvgIpc) is 3.20. The van der Waals surface area contributed by atoms with Crippen LogP contribution in [-0.2, 0) is 0 Å². The largest absolute Gasteiger partial charge is 0.271 e. The topological polar surface area (TPSA) is 32.7 Å². The fourth-order valence-electron chi connectivity index (χ4n) is 3.96. The Bertz CT molecular complexity index is 908. The minimum Gasteiger partial charge on any atom is -0.271 e. The van der Waals surface area contributed by atoms with Gasteiger partial charge in [0.1, 0.15) is 16.4 Å². The van der Waals surface area contributed by atoms with Crippen molar-refractivity contribution in [2.75, 3.05) is 0 Å². The number of aryl methyl sites for hydroxylation is 2. The van der Waals surface area contributed by atoms with Crippen LogP contribution < -0.4 is 0 Å². The molecule has 2 aromatic rings.